The van der Waals surface area contributed by atoms with Crippen LogP contribution >= 0.6 is 0 Å². The summed E-state index contributed by atoms with van der Waals surface area (Å²) >= 11 is 0. The summed E-state index contributed by atoms with van der Waals surface area (Å²) in [5.74, 6) is 0. The lowest BCUT2D eigenvalue weighted by Gasteiger charge is -2.34. The highest BCUT2D eigenvalue weighted by atomic mass is 16.5. The minimum atomic E-state index is 0.00770. The third-order valence-electron chi connectivity index (χ3n) is 4.24. The summed E-state index contributed by atoms with van der Waals surface area (Å²) in [6.45, 7) is 6.45. The molecule has 4 nitrogen and oxygen atoms in total. The molecule has 2 unspecified atom stereocenters. The SMILES string of the molecule is CCCNC(CCc1ccnn1C)C1(C)CCCO1. The monoisotopic (exact) mass is 265 g/mol. The summed E-state index contributed by atoms with van der Waals surface area (Å²) in [6.07, 6.45) is 7.55. The lowest BCUT2D eigenvalue weighted by atomic mass is 9.89. The average molecular weight is 265 g/mol. The van der Waals surface area contributed by atoms with Crippen molar-refractivity contribution < 1.29 is 4.74 Å². The first-order valence-corrected chi connectivity index (χ1v) is 7.50. The predicted molar refractivity (Wildman–Crippen MR) is 77.2 cm³/mol. The Bertz CT molecular complexity index is 382. The summed E-state index contributed by atoms with van der Waals surface area (Å²) in [6, 6.07) is 2.54. The fraction of sp³-hybridized carbons (Fsp3) is 0.800. The molecule has 1 aromatic heterocycles. The molecule has 1 aliphatic heterocycles. The number of hydrogen-bond acceptors (Lipinski definition) is 3. The third kappa shape index (κ3) is 3.57. The maximum absolute atomic E-state index is 6.01. The second kappa shape index (κ2) is 6.53. The Morgan fingerprint density at radius 3 is 3.00 bits per heavy atom. The van der Waals surface area contributed by atoms with Gasteiger partial charge in [0.2, 0.25) is 0 Å². The van der Waals surface area contributed by atoms with Crippen molar-refractivity contribution in [2.45, 2.75) is 57.6 Å². The van der Waals surface area contributed by atoms with Crippen LogP contribution in [-0.4, -0.2) is 34.6 Å². The van der Waals surface area contributed by atoms with Gasteiger partial charge in [0, 0.05) is 31.6 Å². The van der Waals surface area contributed by atoms with Crippen LogP contribution in [0, 0.1) is 0 Å². The first-order chi connectivity index (χ1) is 9.15. The summed E-state index contributed by atoms with van der Waals surface area (Å²) < 4.78 is 7.98. The maximum atomic E-state index is 6.01. The molecule has 108 valence electrons. The lowest BCUT2D eigenvalue weighted by Crippen LogP contribution is -2.49. The van der Waals surface area contributed by atoms with Gasteiger partial charge in [0.25, 0.3) is 0 Å². The first kappa shape index (κ1) is 14.5. The van der Waals surface area contributed by atoms with Crippen LogP contribution in [0.1, 0.15) is 45.2 Å². The van der Waals surface area contributed by atoms with E-state index in [0.29, 0.717) is 6.04 Å². The van der Waals surface area contributed by atoms with Crippen molar-refractivity contribution in [2.75, 3.05) is 13.2 Å². The quantitative estimate of drug-likeness (QED) is 0.822. The fourth-order valence-corrected chi connectivity index (χ4v) is 2.96. The summed E-state index contributed by atoms with van der Waals surface area (Å²) in [5, 5.41) is 7.92. The zero-order valence-electron chi connectivity index (χ0n) is 12.5. The van der Waals surface area contributed by atoms with E-state index in [2.05, 4.69) is 30.3 Å². The van der Waals surface area contributed by atoms with Crippen molar-refractivity contribution in [3.8, 4) is 0 Å². The van der Waals surface area contributed by atoms with Crippen molar-refractivity contribution in [3.05, 3.63) is 18.0 Å². The molecule has 0 spiro atoms. The van der Waals surface area contributed by atoms with Crippen molar-refractivity contribution in [3.63, 3.8) is 0 Å². The van der Waals surface area contributed by atoms with E-state index < -0.39 is 0 Å². The van der Waals surface area contributed by atoms with E-state index in [9.17, 15) is 0 Å². The number of aromatic nitrogens is 2. The molecule has 0 radical (unpaired) electrons. The number of aryl methyl sites for hydroxylation is 2. The number of nitrogens with zero attached hydrogens (tertiary/aromatic N) is 2. The maximum Gasteiger partial charge on any atom is 0.0807 e. The Kier molecular flexibility index (Phi) is 4.99. The van der Waals surface area contributed by atoms with Crippen LogP contribution in [0.25, 0.3) is 0 Å². The normalized spacial score (nSPS) is 24.8. The van der Waals surface area contributed by atoms with E-state index in [1.54, 1.807) is 0 Å². The molecule has 2 atom stereocenters. The van der Waals surface area contributed by atoms with Gasteiger partial charge in [0.15, 0.2) is 0 Å². The van der Waals surface area contributed by atoms with Gasteiger partial charge < -0.3 is 10.1 Å². The highest BCUT2D eigenvalue weighted by Crippen LogP contribution is 2.30. The molecule has 2 rings (SSSR count). The van der Waals surface area contributed by atoms with Crippen LogP contribution in [-0.2, 0) is 18.2 Å². The number of ether oxygens (including phenoxy) is 1. The van der Waals surface area contributed by atoms with Gasteiger partial charge in [-0.05, 0) is 51.6 Å². The summed E-state index contributed by atoms with van der Waals surface area (Å²) in [7, 11) is 2.01. The highest BCUT2D eigenvalue weighted by Gasteiger charge is 2.37. The molecule has 2 heterocycles. The van der Waals surface area contributed by atoms with Gasteiger partial charge in [-0.2, -0.15) is 5.10 Å². The minimum absolute atomic E-state index is 0.00770. The van der Waals surface area contributed by atoms with Crippen molar-refractivity contribution in [1.29, 1.82) is 0 Å². The van der Waals surface area contributed by atoms with Crippen LogP contribution < -0.4 is 5.32 Å². The Hall–Kier alpha value is -0.870. The van der Waals surface area contributed by atoms with E-state index in [1.807, 2.05) is 17.9 Å². The first-order valence-electron chi connectivity index (χ1n) is 7.50. The molecule has 1 aromatic rings. The second-order valence-corrected chi connectivity index (χ2v) is 5.76. The minimum Gasteiger partial charge on any atom is -0.374 e. The van der Waals surface area contributed by atoms with Gasteiger partial charge in [-0.25, -0.2) is 0 Å². The van der Waals surface area contributed by atoms with E-state index in [1.165, 1.54) is 18.5 Å². The molecule has 0 bridgehead atoms. The van der Waals surface area contributed by atoms with Crippen molar-refractivity contribution >= 4 is 0 Å². The van der Waals surface area contributed by atoms with Crippen LogP contribution in [0.5, 0.6) is 0 Å². The molecule has 0 aromatic carbocycles. The molecule has 1 saturated heterocycles. The molecule has 19 heavy (non-hydrogen) atoms. The smallest absolute Gasteiger partial charge is 0.0807 e. The second-order valence-electron chi connectivity index (χ2n) is 5.76. The van der Waals surface area contributed by atoms with E-state index in [-0.39, 0.29) is 5.60 Å². The van der Waals surface area contributed by atoms with Gasteiger partial charge in [-0.15, -0.1) is 0 Å². The highest BCUT2D eigenvalue weighted by molar-refractivity contribution is 5.02. The molecule has 1 fully saturated rings. The number of rotatable bonds is 7. The number of hydrogen-bond donors (Lipinski definition) is 1. The molecular weight excluding hydrogens is 238 g/mol. The van der Waals surface area contributed by atoms with Gasteiger partial charge in [-0.3, -0.25) is 4.68 Å². The third-order valence-corrected chi connectivity index (χ3v) is 4.24. The molecule has 0 amide bonds. The fourth-order valence-electron chi connectivity index (χ4n) is 2.96. The lowest BCUT2D eigenvalue weighted by molar-refractivity contribution is -0.0138. The van der Waals surface area contributed by atoms with Gasteiger partial charge >= 0.3 is 0 Å². The molecule has 1 N–H and O–H groups in total. The molecular formula is C15H27N3O. The van der Waals surface area contributed by atoms with Crippen LogP contribution in [0.15, 0.2) is 12.3 Å². The molecule has 0 saturated carbocycles. The standard InChI is InChI=1S/C15H27N3O/c1-4-10-16-14(15(2)9-5-12-19-15)7-6-13-8-11-17-18(13)3/h8,11,14,16H,4-7,9-10,12H2,1-3H3. The predicted octanol–water partition coefficient (Wildman–Crippen LogP) is 2.29. The Labute approximate surface area is 116 Å². The zero-order valence-corrected chi connectivity index (χ0v) is 12.5. The zero-order chi connectivity index (χ0) is 13.7. The number of nitrogens with one attached hydrogen (secondary N) is 1. The van der Waals surface area contributed by atoms with Gasteiger partial charge in [0.05, 0.1) is 5.60 Å². The molecule has 1 aliphatic rings. The molecule has 4 heteroatoms. The Morgan fingerprint density at radius 2 is 2.42 bits per heavy atom. The van der Waals surface area contributed by atoms with Crippen molar-refractivity contribution in [1.82, 2.24) is 15.1 Å². The van der Waals surface area contributed by atoms with E-state index in [4.69, 9.17) is 4.74 Å². The molecule has 0 aliphatic carbocycles. The van der Waals surface area contributed by atoms with E-state index in [0.717, 1.165) is 32.4 Å². The average Bonchev–Trinajstić information content (AvgIpc) is 3.00. The summed E-state index contributed by atoms with van der Waals surface area (Å²) in [4.78, 5) is 0. The summed E-state index contributed by atoms with van der Waals surface area (Å²) in [5.41, 5.74) is 1.30. The van der Waals surface area contributed by atoms with Crippen LogP contribution in [0.3, 0.4) is 0 Å². The van der Waals surface area contributed by atoms with Crippen LogP contribution in [0.2, 0.25) is 0 Å². The van der Waals surface area contributed by atoms with Gasteiger partial charge in [-0.1, -0.05) is 6.92 Å². The van der Waals surface area contributed by atoms with Gasteiger partial charge in [0.1, 0.15) is 0 Å². The Morgan fingerprint density at radius 1 is 1.58 bits per heavy atom. The Balaban J connectivity index is 1.95. The largest absolute Gasteiger partial charge is 0.374 e. The topological polar surface area (TPSA) is 39.1 Å². The van der Waals surface area contributed by atoms with E-state index >= 15 is 0 Å². The van der Waals surface area contributed by atoms with Crippen molar-refractivity contribution in [2.24, 2.45) is 7.05 Å². The van der Waals surface area contributed by atoms with Crippen LogP contribution in [0.4, 0.5) is 0 Å².